The summed E-state index contributed by atoms with van der Waals surface area (Å²) in [6.07, 6.45) is 0.969. The number of ether oxygens (including phenoxy) is 1. The van der Waals surface area contributed by atoms with Crippen LogP contribution in [0, 0.1) is 5.41 Å². The van der Waals surface area contributed by atoms with Gasteiger partial charge in [0, 0.05) is 38.2 Å². The lowest BCUT2D eigenvalue weighted by Gasteiger charge is -2.32. The zero-order chi connectivity index (χ0) is 11.1. The largest absolute Gasteiger partial charge is 0.395 e. The molecule has 0 radical (unpaired) electrons. The van der Waals surface area contributed by atoms with Crippen molar-refractivity contribution >= 4 is 0 Å². The molecule has 0 amide bonds. The molecule has 5 heteroatoms. The van der Waals surface area contributed by atoms with Gasteiger partial charge in [0.25, 0.3) is 0 Å². The van der Waals surface area contributed by atoms with Crippen LogP contribution in [0.15, 0.2) is 0 Å². The van der Waals surface area contributed by atoms with Crippen LogP contribution in [0.3, 0.4) is 0 Å². The quantitative estimate of drug-likeness (QED) is 0.492. The third-order valence-electron chi connectivity index (χ3n) is 3.01. The lowest BCUT2D eigenvalue weighted by Crippen LogP contribution is -2.45. The van der Waals surface area contributed by atoms with Gasteiger partial charge in [-0.25, -0.2) is 0 Å². The molecule has 1 atom stereocenters. The second-order valence-electron chi connectivity index (χ2n) is 4.23. The van der Waals surface area contributed by atoms with Gasteiger partial charge in [-0.2, -0.15) is 0 Å². The Hall–Kier alpha value is -0.200. The maximum absolute atomic E-state index is 8.91. The van der Waals surface area contributed by atoms with Crippen molar-refractivity contribution in [3.63, 3.8) is 0 Å². The molecule has 1 aliphatic heterocycles. The number of aliphatic hydroxyl groups is 2. The van der Waals surface area contributed by atoms with Crippen LogP contribution >= 0.6 is 0 Å². The molecule has 0 aromatic heterocycles. The fraction of sp³-hybridized carbons (Fsp3) is 1.00. The molecule has 15 heavy (non-hydrogen) atoms. The van der Waals surface area contributed by atoms with Crippen LogP contribution in [-0.2, 0) is 4.74 Å². The van der Waals surface area contributed by atoms with E-state index in [1.165, 1.54) is 0 Å². The van der Waals surface area contributed by atoms with E-state index in [4.69, 9.17) is 20.7 Å². The molecule has 1 aliphatic rings. The van der Waals surface area contributed by atoms with Gasteiger partial charge >= 0.3 is 0 Å². The van der Waals surface area contributed by atoms with Crippen molar-refractivity contribution in [3.05, 3.63) is 0 Å². The highest BCUT2D eigenvalue weighted by atomic mass is 16.5. The van der Waals surface area contributed by atoms with Crippen LogP contribution in [0.2, 0.25) is 0 Å². The van der Waals surface area contributed by atoms with Gasteiger partial charge in [0.1, 0.15) is 0 Å². The van der Waals surface area contributed by atoms with Crippen molar-refractivity contribution in [3.8, 4) is 0 Å². The van der Waals surface area contributed by atoms with E-state index in [1.807, 2.05) is 4.90 Å². The van der Waals surface area contributed by atoms with Gasteiger partial charge in [0.05, 0.1) is 19.8 Å². The number of nitrogens with two attached hydrogens (primary N) is 1. The van der Waals surface area contributed by atoms with Gasteiger partial charge < -0.3 is 20.7 Å². The summed E-state index contributed by atoms with van der Waals surface area (Å²) in [4.78, 5) is 2.04. The number of aliphatic hydroxyl groups excluding tert-OH is 2. The molecule has 0 saturated carbocycles. The summed E-state index contributed by atoms with van der Waals surface area (Å²) in [5, 5.41) is 17.8. The van der Waals surface area contributed by atoms with Crippen LogP contribution in [-0.4, -0.2) is 67.7 Å². The topological polar surface area (TPSA) is 79.0 Å². The van der Waals surface area contributed by atoms with Crippen molar-refractivity contribution in [2.24, 2.45) is 11.1 Å². The molecule has 1 heterocycles. The zero-order valence-electron chi connectivity index (χ0n) is 9.19. The van der Waals surface area contributed by atoms with E-state index >= 15 is 0 Å². The Labute approximate surface area is 90.8 Å². The average Bonchev–Trinajstić information content (AvgIpc) is 2.68. The van der Waals surface area contributed by atoms with Gasteiger partial charge in [-0.1, -0.05) is 0 Å². The van der Waals surface area contributed by atoms with Crippen molar-refractivity contribution in [2.75, 3.05) is 52.6 Å². The highest BCUT2D eigenvalue weighted by molar-refractivity contribution is 4.87. The SMILES string of the molecule is NCC1(CN(CCO)CCO)CCOC1. The predicted molar refractivity (Wildman–Crippen MR) is 57.5 cm³/mol. The van der Waals surface area contributed by atoms with Crippen molar-refractivity contribution in [2.45, 2.75) is 6.42 Å². The third kappa shape index (κ3) is 3.70. The number of rotatable bonds is 7. The van der Waals surface area contributed by atoms with E-state index in [0.717, 1.165) is 19.6 Å². The van der Waals surface area contributed by atoms with Gasteiger partial charge in [-0.15, -0.1) is 0 Å². The van der Waals surface area contributed by atoms with E-state index in [0.29, 0.717) is 26.2 Å². The van der Waals surface area contributed by atoms with E-state index in [1.54, 1.807) is 0 Å². The molecule has 0 aromatic carbocycles. The molecular weight excluding hydrogens is 196 g/mol. The maximum Gasteiger partial charge on any atom is 0.0558 e. The monoisotopic (exact) mass is 218 g/mol. The minimum atomic E-state index is 0.0182. The molecular formula is C10H22N2O3. The smallest absolute Gasteiger partial charge is 0.0558 e. The molecule has 0 spiro atoms. The summed E-state index contributed by atoms with van der Waals surface area (Å²) in [7, 11) is 0. The molecule has 5 nitrogen and oxygen atoms in total. The van der Waals surface area contributed by atoms with Crippen LogP contribution in [0.1, 0.15) is 6.42 Å². The zero-order valence-corrected chi connectivity index (χ0v) is 9.19. The second-order valence-corrected chi connectivity index (χ2v) is 4.23. The molecule has 90 valence electrons. The standard InChI is InChI=1S/C10H22N2O3/c11-7-10(1-6-15-9-10)8-12(2-4-13)3-5-14/h13-14H,1-9,11H2. The molecule has 0 bridgehead atoms. The lowest BCUT2D eigenvalue weighted by molar-refractivity contribution is 0.0902. The third-order valence-corrected chi connectivity index (χ3v) is 3.01. The first kappa shape index (κ1) is 12.9. The van der Waals surface area contributed by atoms with Crippen molar-refractivity contribution in [1.82, 2.24) is 4.90 Å². The Morgan fingerprint density at radius 3 is 2.33 bits per heavy atom. The van der Waals surface area contributed by atoms with Gasteiger partial charge in [-0.3, -0.25) is 4.90 Å². The lowest BCUT2D eigenvalue weighted by atomic mass is 9.87. The molecule has 4 N–H and O–H groups in total. The Kier molecular flexibility index (Phi) is 5.49. The number of hydrogen-bond donors (Lipinski definition) is 3. The molecule has 1 rings (SSSR count). The van der Waals surface area contributed by atoms with Crippen LogP contribution in [0.25, 0.3) is 0 Å². The summed E-state index contributed by atoms with van der Waals surface area (Å²) in [5.74, 6) is 0. The normalized spacial score (nSPS) is 26.4. The molecule has 1 fully saturated rings. The molecule has 0 aliphatic carbocycles. The first-order valence-corrected chi connectivity index (χ1v) is 5.48. The Morgan fingerprint density at radius 2 is 1.93 bits per heavy atom. The summed E-state index contributed by atoms with van der Waals surface area (Å²) in [5.41, 5.74) is 5.80. The van der Waals surface area contributed by atoms with Crippen molar-refractivity contribution < 1.29 is 14.9 Å². The first-order chi connectivity index (χ1) is 7.26. The highest BCUT2D eigenvalue weighted by Gasteiger charge is 2.35. The number of nitrogens with zero attached hydrogens (tertiary/aromatic N) is 1. The first-order valence-electron chi connectivity index (χ1n) is 5.48. The van der Waals surface area contributed by atoms with Gasteiger partial charge in [0.15, 0.2) is 0 Å². The fourth-order valence-electron chi connectivity index (χ4n) is 2.03. The van der Waals surface area contributed by atoms with Gasteiger partial charge in [0.2, 0.25) is 0 Å². The predicted octanol–water partition coefficient (Wildman–Crippen LogP) is -1.36. The summed E-state index contributed by atoms with van der Waals surface area (Å²) < 4.78 is 5.38. The fourth-order valence-corrected chi connectivity index (χ4v) is 2.03. The average molecular weight is 218 g/mol. The highest BCUT2D eigenvalue weighted by Crippen LogP contribution is 2.28. The minimum Gasteiger partial charge on any atom is -0.395 e. The maximum atomic E-state index is 8.91. The summed E-state index contributed by atoms with van der Waals surface area (Å²) in [6.45, 7) is 4.25. The summed E-state index contributed by atoms with van der Waals surface area (Å²) in [6, 6.07) is 0. The summed E-state index contributed by atoms with van der Waals surface area (Å²) >= 11 is 0. The van der Waals surface area contributed by atoms with E-state index in [2.05, 4.69) is 0 Å². The Balaban J connectivity index is 2.46. The van der Waals surface area contributed by atoms with Crippen LogP contribution < -0.4 is 5.73 Å². The van der Waals surface area contributed by atoms with Crippen molar-refractivity contribution in [1.29, 1.82) is 0 Å². The Morgan fingerprint density at radius 1 is 1.27 bits per heavy atom. The molecule has 1 unspecified atom stereocenters. The van der Waals surface area contributed by atoms with Gasteiger partial charge in [-0.05, 0) is 6.42 Å². The van der Waals surface area contributed by atoms with Crippen LogP contribution in [0.5, 0.6) is 0 Å². The Bertz CT molecular complexity index is 166. The van der Waals surface area contributed by atoms with Crippen LogP contribution in [0.4, 0.5) is 0 Å². The minimum absolute atomic E-state index is 0.0182. The second kappa shape index (κ2) is 6.40. The van der Waals surface area contributed by atoms with E-state index in [-0.39, 0.29) is 18.6 Å². The van der Waals surface area contributed by atoms with E-state index < -0.39 is 0 Å². The molecule has 0 aromatic rings. The molecule has 1 saturated heterocycles. The van der Waals surface area contributed by atoms with E-state index in [9.17, 15) is 0 Å². The number of hydrogen-bond acceptors (Lipinski definition) is 5.